The highest BCUT2D eigenvalue weighted by Crippen LogP contribution is 2.17. The average Bonchev–Trinajstić information content (AvgIpc) is 2.51. The van der Waals surface area contributed by atoms with Gasteiger partial charge in [0.25, 0.3) is 5.91 Å². The smallest absolute Gasteiger partial charge is 0.339 e. The van der Waals surface area contributed by atoms with Crippen molar-refractivity contribution >= 4 is 21.7 Å². The minimum atomic E-state index is -3.61. The first-order chi connectivity index (χ1) is 11.0. The lowest BCUT2D eigenvalue weighted by Gasteiger charge is -2.27. The van der Waals surface area contributed by atoms with E-state index in [4.69, 9.17) is 10.00 Å². The van der Waals surface area contributed by atoms with E-state index < -0.39 is 33.9 Å². The van der Waals surface area contributed by atoms with Gasteiger partial charge < -0.3 is 10.1 Å². The summed E-state index contributed by atoms with van der Waals surface area (Å²) in [6, 6.07) is 7.59. The molecule has 7 nitrogen and oxygen atoms in total. The summed E-state index contributed by atoms with van der Waals surface area (Å²) in [6.07, 6.45) is 0.979. The van der Waals surface area contributed by atoms with Crippen LogP contribution in [-0.4, -0.2) is 38.7 Å². The summed E-state index contributed by atoms with van der Waals surface area (Å²) in [4.78, 5) is 23.8. The van der Waals surface area contributed by atoms with Crippen molar-refractivity contribution in [2.45, 2.75) is 31.2 Å². The zero-order valence-corrected chi connectivity index (χ0v) is 14.8. The van der Waals surface area contributed by atoms with Crippen molar-refractivity contribution in [2.75, 3.05) is 12.9 Å². The molecule has 1 aromatic rings. The monoisotopic (exact) mass is 352 g/mol. The summed E-state index contributed by atoms with van der Waals surface area (Å²) < 4.78 is 28.2. The number of sulfone groups is 1. The number of nitrogens with zero attached hydrogens (tertiary/aromatic N) is 1. The Morgan fingerprint density at radius 1 is 1.33 bits per heavy atom. The Labute approximate surface area is 141 Å². The Morgan fingerprint density at radius 3 is 2.42 bits per heavy atom. The Balaban J connectivity index is 2.82. The molecular formula is C16H20N2O5S. The molecular weight excluding hydrogens is 332 g/mol. The van der Waals surface area contributed by atoms with Crippen LogP contribution in [0.25, 0.3) is 0 Å². The van der Waals surface area contributed by atoms with Gasteiger partial charge in [-0.3, -0.25) is 4.79 Å². The number of nitriles is 1. The van der Waals surface area contributed by atoms with E-state index in [-0.39, 0.29) is 16.4 Å². The van der Waals surface area contributed by atoms with Gasteiger partial charge in [-0.1, -0.05) is 26.0 Å². The van der Waals surface area contributed by atoms with Crippen LogP contribution in [0, 0.1) is 17.2 Å². The molecule has 8 heteroatoms. The van der Waals surface area contributed by atoms with E-state index in [1.807, 2.05) is 6.07 Å². The molecule has 1 aromatic carbocycles. The van der Waals surface area contributed by atoms with Crippen LogP contribution < -0.4 is 5.32 Å². The number of esters is 1. The van der Waals surface area contributed by atoms with Gasteiger partial charge in [0.2, 0.25) is 0 Å². The van der Waals surface area contributed by atoms with Crippen molar-refractivity contribution in [1.82, 2.24) is 5.32 Å². The second-order valence-electron chi connectivity index (χ2n) is 5.86. The number of carbonyl (C=O) groups is 2. The lowest BCUT2D eigenvalue weighted by molar-refractivity contribution is -0.125. The van der Waals surface area contributed by atoms with E-state index in [2.05, 4.69) is 5.32 Å². The molecule has 1 N–H and O–H groups in total. The first-order valence-electron chi connectivity index (χ1n) is 7.19. The Kier molecular flexibility index (Phi) is 6.10. The van der Waals surface area contributed by atoms with Gasteiger partial charge in [0.1, 0.15) is 5.54 Å². The summed E-state index contributed by atoms with van der Waals surface area (Å²) >= 11 is 0. The van der Waals surface area contributed by atoms with Crippen LogP contribution >= 0.6 is 0 Å². The number of nitrogens with one attached hydrogen (secondary N) is 1. The van der Waals surface area contributed by atoms with E-state index in [0.717, 1.165) is 6.26 Å². The second-order valence-corrected chi connectivity index (χ2v) is 7.85. The van der Waals surface area contributed by atoms with Crippen molar-refractivity contribution in [3.63, 3.8) is 0 Å². The molecule has 130 valence electrons. The van der Waals surface area contributed by atoms with Gasteiger partial charge in [-0.25, -0.2) is 13.2 Å². The van der Waals surface area contributed by atoms with E-state index in [0.29, 0.717) is 0 Å². The third-order valence-corrected chi connectivity index (χ3v) is 4.78. The molecule has 0 spiro atoms. The molecule has 0 saturated heterocycles. The topological polar surface area (TPSA) is 113 Å². The van der Waals surface area contributed by atoms with Gasteiger partial charge in [-0.15, -0.1) is 0 Å². The normalized spacial score (nSPS) is 13.7. The summed E-state index contributed by atoms with van der Waals surface area (Å²) in [6.45, 7) is 4.51. The van der Waals surface area contributed by atoms with Gasteiger partial charge in [0, 0.05) is 6.26 Å². The number of hydrogen-bond acceptors (Lipinski definition) is 6. The highest BCUT2D eigenvalue weighted by atomic mass is 32.2. The number of benzene rings is 1. The van der Waals surface area contributed by atoms with Crippen molar-refractivity contribution in [1.29, 1.82) is 5.26 Å². The predicted molar refractivity (Wildman–Crippen MR) is 86.8 cm³/mol. The molecule has 1 atom stereocenters. The van der Waals surface area contributed by atoms with Gasteiger partial charge in [0.05, 0.1) is 16.5 Å². The standard InChI is InChI=1S/C16H20N2O5S/c1-11(2)16(3,10-17)18-14(19)9-23-15(20)12-7-5-6-8-13(12)24(4,21)22/h5-8,11H,9H2,1-4H3,(H,18,19)/t16-/m1/s1. The minimum absolute atomic E-state index is 0.139. The molecule has 1 amide bonds. The predicted octanol–water partition coefficient (Wildman–Crippen LogP) is 1.30. The Morgan fingerprint density at radius 2 is 1.92 bits per heavy atom. The molecule has 0 heterocycles. The van der Waals surface area contributed by atoms with Gasteiger partial charge in [-0.2, -0.15) is 5.26 Å². The maximum Gasteiger partial charge on any atom is 0.339 e. The minimum Gasteiger partial charge on any atom is -0.452 e. The molecule has 0 radical (unpaired) electrons. The lowest BCUT2D eigenvalue weighted by atomic mass is 9.90. The van der Waals surface area contributed by atoms with E-state index in [1.165, 1.54) is 24.3 Å². The summed E-state index contributed by atoms with van der Waals surface area (Å²) in [5.41, 5.74) is -1.23. The molecule has 0 aliphatic rings. The van der Waals surface area contributed by atoms with Crippen LogP contribution in [-0.2, 0) is 19.4 Å². The molecule has 0 saturated carbocycles. The Bertz CT molecular complexity index is 780. The fourth-order valence-corrected chi connectivity index (χ4v) is 2.67. The highest BCUT2D eigenvalue weighted by Gasteiger charge is 2.30. The van der Waals surface area contributed by atoms with Gasteiger partial charge in [-0.05, 0) is 25.0 Å². The fraction of sp³-hybridized carbons (Fsp3) is 0.438. The van der Waals surface area contributed by atoms with E-state index in [1.54, 1.807) is 20.8 Å². The summed E-state index contributed by atoms with van der Waals surface area (Å²) in [5, 5.41) is 11.6. The lowest BCUT2D eigenvalue weighted by Crippen LogP contribution is -2.50. The number of rotatable bonds is 6. The quantitative estimate of drug-likeness (QED) is 0.772. The Hall–Kier alpha value is -2.40. The average molecular weight is 352 g/mol. The maximum absolute atomic E-state index is 12.1. The van der Waals surface area contributed by atoms with Crippen LogP contribution in [0.15, 0.2) is 29.2 Å². The van der Waals surface area contributed by atoms with Crippen LogP contribution in [0.5, 0.6) is 0 Å². The maximum atomic E-state index is 12.1. The van der Waals surface area contributed by atoms with Crippen LogP contribution in [0.3, 0.4) is 0 Å². The summed E-state index contributed by atoms with van der Waals surface area (Å²) in [7, 11) is -3.61. The number of hydrogen-bond donors (Lipinski definition) is 1. The van der Waals surface area contributed by atoms with Crippen molar-refractivity contribution in [3.05, 3.63) is 29.8 Å². The third kappa shape index (κ3) is 4.80. The number of ether oxygens (including phenoxy) is 1. The molecule has 0 aliphatic heterocycles. The largest absolute Gasteiger partial charge is 0.452 e. The van der Waals surface area contributed by atoms with Crippen LogP contribution in [0.2, 0.25) is 0 Å². The zero-order chi connectivity index (χ0) is 18.5. The SMILES string of the molecule is CC(C)[C@@](C)(C#N)NC(=O)COC(=O)c1ccccc1S(C)(=O)=O. The van der Waals surface area contributed by atoms with Crippen molar-refractivity contribution < 1.29 is 22.7 Å². The van der Waals surface area contributed by atoms with Crippen molar-refractivity contribution in [2.24, 2.45) is 5.92 Å². The molecule has 0 aromatic heterocycles. The zero-order valence-electron chi connectivity index (χ0n) is 14.0. The molecule has 1 rings (SSSR count). The first-order valence-corrected chi connectivity index (χ1v) is 9.09. The summed E-state index contributed by atoms with van der Waals surface area (Å²) in [5.74, 6) is -1.71. The van der Waals surface area contributed by atoms with Crippen molar-refractivity contribution in [3.8, 4) is 6.07 Å². The molecule has 0 bridgehead atoms. The van der Waals surface area contributed by atoms with Crippen LogP contribution in [0.1, 0.15) is 31.1 Å². The van der Waals surface area contributed by atoms with E-state index in [9.17, 15) is 18.0 Å². The fourth-order valence-electron chi connectivity index (χ4n) is 1.79. The van der Waals surface area contributed by atoms with Gasteiger partial charge in [0.15, 0.2) is 16.4 Å². The van der Waals surface area contributed by atoms with Gasteiger partial charge >= 0.3 is 5.97 Å². The number of amides is 1. The molecule has 24 heavy (non-hydrogen) atoms. The molecule has 0 fully saturated rings. The molecule has 0 unspecified atom stereocenters. The molecule has 0 aliphatic carbocycles. The van der Waals surface area contributed by atoms with E-state index >= 15 is 0 Å². The highest BCUT2D eigenvalue weighted by molar-refractivity contribution is 7.90. The van der Waals surface area contributed by atoms with Crippen LogP contribution in [0.4, 0.5) is 0 Å². The third-order valence-electron chi connectivity index (χ3n) is 3.63. The number of carbonyl (C=O) groups excluding carboxylic acids is 2. The first kappa shape index (κ1) is 19.6. The second kappa shape index (κ2) is 7.45.